The molecule has 4 rings (SSSR count). The van der Waals surface area contributed by atoms with Gasteiger partial charge in [0, 0.05) is 34.8 Å². The number of H-pyrrole nitrogens is 1. The third-order valence-electron chi connectivity index (χ3n) is 5.45. The average Bonchev–Trinajstić information content (AvgIpc) is 3.08. The summed E-state index contributed by atoms with van der Waals surface area (Å²) in [5.41, 5.74) is 2.68. The van der Waals surface area contributed by atoms with Gasteiger partial charge in [-0.05, 0) is 25.8 Å². The Balaban J connectivity index is 1.70. The maximum absolute atomic E-state index is 13.4. The third-order valence-corrected chi connectivity index (χ3v) is 5.45. The van der Waals surface area contributed by atoms with Gasteiger partial charge in [0.05, 0.1) is 18.6 Å². The second-order valence-corrected chi connectivity index (χ2v) is 7.11. The molecule has 28 heavy (non-hydrogen) atoms. The number of rotatable bonds is 4. The summed E-state index contributed by atoms with van der Waals surface area (Å²) in [6.45, 7) is 4.31. The maximum atomic E-state index is 13.4. The van der Waals surface area contributed by atoms with Crippen LogP contribution in [0.4, 0.5) is 0 Å². The van der Waals surface area contributed by atoms with Gasteiger partial charge in [0.1, 0.15) is 6.04 Å². The van der Waals surface area contributed by atoms with Gasteiger partial charge in [-0.15, -0.1) is 0 Å². The quantitative estimate of drug-likeness (QED) is 0.707. The zero-order valence-corrected chi connectivity index (χ0v) is 15.9. The summed E-state index contributed by atoms with van der Waals surface area (Å²) in [5.74, 6) is -0.0429. The molecule has 7 heteroatoms. The van der Waals surface area contributed by atoms with Crippen molar-refractivity contribution in [1.29, 1.82) is 0 Å². The minimum atomic E-state index is -0.415. The smallest absolute Gasteiger partial charge is 0.254 e. The molecule has 0 fully saturated rings. The second kappa shape index (κ2) is 7.07. The zero-order chi connectivity index (χ0) is 19.8. The fraction of sp³-hybridized carbons (Fsp3) is 0.333. The van der Waals surface area contributed by atoms with Crippen LogP contribution in [0.2, 0.25) is 0 Å². The van der Waals surface area contributed by atoms with E-state index in [0.717, 1.165) is 10.9 Å². The highest BCUT2D eigenvalue weighted by Crippen LogP contribution is 2.28. The first-order valence-electron chi connectivity index (χ1n) is 9.46. The number of nitrogens with one attached hydrogen (secondary N) is 1. The molecule has 1 unspecified atom stereocenters. The average molecular weight is 378 g/mol. The zero-order valence-electron chi connectivity index (χ0n) is 15.9. The van der Waals surface area contributed by atoms with Crippen LogP contribution in [0, 0.1) is 0 Å². The molecule has 1 N–H and O–H groups in total. The van der Waals surface area contributed by atoms with E-state index in [-0.39, 0.29) is 17.2 Å². The normalized spacial score (nSPS) is 14.7. The minimum absolute atomic E-state index is 0.0208. The van der Waals surface area contributed by atoms with Crippen LogP contribution < -0.4 is 5.56 Å². The van der Waals surface area contributed by atoms with E-state index in [4.69, 9.17) is 0 Å². The number of para-hydroxylation sites is 1. The summed E-state index contributed by atoms with van der Waals surface area (Å²) in [6, 6.07) is 7.23. The van der Waals surface area contributed by atoms with Crippen LogP contribution in [-0.4, -0.2) is 37.7 Å². The molecule has 0 saturated heterocycles. The lowest BCUT2D eigenvalue weighted by Crippen LogP contribution is -2.42. The second-order valence-electron chi connectivity index (χ2n) is 7.11. The molecular formula is C21H22N4O3. The van der Waals surface area contributed by atoms with Crippen molar-refractivity contribution >= 4 is 22.6 Å². The van der Waals surface area contributed by atoms with Crippen LogP contribution in [0.15, 0.2) is 41.6 Å². The highest BCUT2D eigenvalue weighted by atomic mass is 16.2. The SMILES string of the molecule is CCC(C(=O)N1CCc2c(nc[nH]c2=O)C1)n1cc(C(C)=O)c2ccccc21. The standard InChI is InChI=1S/C21H22N4O3/c1-3-18(25-10-16(13(2)26)14-6-4-5-7-19(14)25)21(28)24-9-8-15-17(11-24)22-12-23-20(15)27/h4-7,10,12,18H,3,8-9,11H2,1-2H3,(H,22,23,27). The van der Waals surface area contributed by atoms with Crippen LogP contribution in [-0.2, 0) is 17.8 Å². The van der Waals surface area contributed by atoms with Crippen LogP contribution in [0.5, 0.6) is 0 Å². The molecule has 1 aromatic carbocycles. The number of fused-ring (bicyclic) bond motifs is 2. The molecule has 144 valence electrons. The molecular weight excluding hydrogens is 356 g/mol. The lowest BCUT2D eigenvalue weighted by molar-refractivity contribution is -0.135. The molecule has 1 amide bonds. The van der Waals surface area contributed by atoms with Gasteiger partial charge in [-0.3, -0.25) is 14.4 Å². The third kappa shape index (κ3) is 2.93. The number of ketones is 1. The van der Waals surface area contributed by atoms with Gasteiger partial charge in [-0.1, -0.05) is 25.1 Å². The van der Waals surface area contributed by atoms with Crippen molar-refractivity contribution in [2.75, 3.05) is 6.54 Å². The Kier molecular flexibility index (Phi) is 4.58. The Morgan fingerprint density at radius 3 is 2.82 bits per heavy atom. The van der Waals surface area contributed by atoms with Gasteiger partial charge < -0.3 is 14.5 Å². The molecule has 0 bridgehead atoms. The van der Waals surface area contributed by atoms with Crippen LogP contribution >= 0.6 is 0 Å². The van der Waals surface area contributed by atoms with E-state index in [0.29, 0.717) is 42.8 Å². The lowest BCUT2D eigenvalue weighted by atomic mass is 10.0. The van der Waals surface area contributed by atoms with Crippen molar-refractivity contribution in [2.45, 2.75) is 39.3 Å². The van der Waals surface area contributed by atoms with E-state index in [9.17, 15) is 14.4 Å². The topological polar surface area (TPSA) is 88.1 Å². The molecule has 7 nitrogen and oxygen atoms in total. The van der Waals surface area contributed by atoms with Gasteiger partial charge >= 0.3 is 0 Å². The first-order valence-corrected chi connectivity index (χ1v) is 9.46. The van der Waals surface area contributed by atoms with Gasteiger partial charge in [0.25, 0.3) is 5.56 Å². The van der Waals surface area contributed by atoms with Crippen molar-refractivity contribution in [1.82, 2.24) is 19.4 Å². The van der Waals surface area contributed by atoms with Crippen LogP contribution in [0.25, 0.3) is 10.9 Å². The molecule has 0 saturated carbocycles. The summed E-state index contributed by atoms with van der Waals surface area (Å²) < 4.78 is 1.91. The summed E-state index contributed by atoms with van der Waals surface area (Å²) >= 11 is 0. The summed E-state index contributed by atoms with van der Waals surface area (Å²) in [6.07, 6.45) is 4.26. The van der Waals surface area contributed by atoms with E-state index in [1.165, 1.54) is 6.33 Å². The fourth-order valence-electron chi connectivity index (χ4n) is 4.00. The minimum Gasteiger partial charge on any atom is -0.335 e. The van der Waals surface area contributed by atoms with Gasteiger partial charge in [0.15, 0.2) is 5.78 Å². The summed E-state index contributed by atoms with van der Waals surface area (Å²) in [4.78, 5) is 46.0. The van der Waals surface area contributed by atoms with Crippen molar-refractivity contribution in [2.24, 2.45) is 0 Å². The number of Topliss-reactive ketones (excluding diaryl/α,β-unsaturated/α-hetero) is 1. The summed E-state index contributed by atoms with van der Waals surface area (Å²) in [7, 11) is 0. The molecule has 1 aliphatic rings. The van der Waals surface area contributed by atoms with Gasteiger partial charge in [-0.2, -0.15) is 0 Å². The number of amides is 1. The highest BCUT2D eigenvalue weighted by molar-refractivity contribution is 6.07. The first-order chi connectivity index (χ1) is 13.5. The van der Waals surface area contributed by atoms with Gasteiger partial charge in [-0.25, -0.2) is 4.98 Å². The molecule has 1 aliphatic heterocycles. The Labute approximate surface area is 162 Å². The van der Waals surface area contributed by atoms with Crippen molar-refractivity contribution in [3.05, 3.63) is 64.0 Å². The molecule has 1 atom stereocenters. The van der Waals surface area contributed by atoms with Crippen LogP contribution in [0.3, 0.4) is 0 Å². The lowest BCUT2D eigenvalue weighted by Gasteiger charge is -2.31. The molecule has 0 radical (unpaired) electrons. The number of aromatic amines is 1. The van der Waals surface area contributed by atoms with E-state index < -0.39 is 6.04 Å². The van der Waals surface area contributed by atoms with E-state index in [2.05, 4.69) is 9.97 Å². The Morgan fingerprint density at radius 1 is 1.29 bits per heavy atom. The van der Waals surface area contributed by atoms with Gasteiger partial charge in [0.2, 0.25) is 5.91 Å². The molecule has 0 spiro atoms. The largest absolute Gasteiger partial charge is 0.335 e. The first kappa shape index (κ1) is 18.2. The van der Waals surface area contributed by atoms with E-state index in [1.54, 1.807) is 18.0 Å². The molecule has 3 heterocycles. The number of benzene rings is 1. The Hall–Kier alpha value is -3.22. The van der Waals surface area contributed by atoms with Crippen molar-refractivity contribution in [3.63, 3.8) is 0 Å². The number of nitrogens with zero attached hydrogens (tertiary/aromatic N) is 3. The van der Waals surface area contributed by atoms with Crippen LogP contribution in [0.1, 0.15) is 47.9 Å². The number of carbonyl (C=O) groups excluding carboxylic acids is 2. The van der Waals surface area contributed by atoms with Crippen molar-refractivity contribution in [3.8, 4) is 0 Å². The van der Waals surface area contributed by atoms with Crippen molar-refractivity contribution < 1.29 is 9.59 Å². The summed E-state index contributed by atoms with van der Waals surface area (Å²) in [5, 5.41) is 0.860. The predicted octanol–water partition coefficient (Wildman–Crippen LogP) is 2.46. The van der Waals surface area contributed by atoms with E-state index >= 15 is 0 Å². The molecule has 2 aromatic heterocycles. The highest BCUT2D eigenvalue weighted by Gasteiger charge is 2.30. The number of aromatic nitrogens is 3. The number of hydrogen-bond donors (Lipinski definition) is 1. The number of hydrogen-bond acceptors (Lipinski definition) is 4. The van der Waals surface area contributed by atoms with E-state index in [1.807, 2.05) is 35.8 Å². The monoisotopic (exact) mass is 378 g/mol. The molecule has 3 aromatic rings. The maximum Gasteiger partial charge on any atom is 0.254 e. The fourth-order valence-corrected chi connectivity index (χ4v) is 4.00. The Morgan fingerprint density at radius 2 is 2.07 bits per heavy atom. The predicted molar refractivity (Wildman–Crippen MR) is 105 cm³/mol. The molecule has 0 aliphatic carbocycles. The Bertz CT molecular complexity index is 1130. The number of carbonyl (C=O) groups is 2.